The van der Waals surface area contributed by atoms with Crippen LogP contribution in [0, 0.1) is 0 Å². The summed E-state index contributed by atoms with van der Waals surface area (Å²) in [7, 11) is 0. The van der Waals surface area contributed by atoms with Gasteiger partial charge in [-0.1, -0.05) is 30.3 Å². The molecule has 2 N–H and O–H groups in total. The highest BCUT2D eigenvalue weighted by Crippen LogP contribution is 2.26. The summed E-state index contributed by atoms with van der Waals surface area (Å²) >= 11 is 1.21. The number of rotatable bonds is 6. The largest absolute Gasteiger partial charge is 0.545 e. The van der Waals surface area contributed by atoms with E-state index in [-0.39, 0.29) is 5.91 Å². The molecule has 8 heteroatoms. The van der Waals surface area contributed by atoms with Gasteiger partial charge in [0.05, 0.1) is 11.7 Å². The number of anilines is 2. The monoisotopic (exact) mass is 392 g/mol. The number of carboxylic acid groups (broad SMARTS) is 1. The molecule has 0 spiro atoms. The van der Waals surface area contributed by atoms with Crippen molar-refractivity contribution < 1.29 is 19.5 Å². The zero-order valence-corrected chi connectivity index (χ0v) is 15.2. The normalized spacial score (nSPS) is 10.6. The lowest BCUT2D eigenvalue weighted by Gasteiger charge is -2.06. The third kappa shape index (κ3) is 5.12. The standard InChI is InChI=1S/C20H15N3O4S/c24-17(10-11-18(25)26)23-20-22-16(12-28-20)13-6-8-15(9-7-13)21-19(27)14-4-2-1-3-5-14/h1-12H,(H,21,27)(H,25,26)(H,22,23,24)/p-1/b11-10-. The highest BCUT2D eigenvalue weighted by atomic mass is 32.1. The van der Waals surface area contributed by atoms with Gasteiger partial charge in [-0.3, -0.25) is 14.9 Å². The SMILES string of the molecule is O=C([O-])/C=C\C(=O)Nc1nc(-c2ccc(NC(=O)c3ccccc3)cc2)cs1. The Morgan fingerprint density at radius 3 is 2.32 bits per heavy atom. The van der Waals surface area contributed by atoms with E-state index in [1.165, 1.54) is 11.3 Å². The second kappa shape index (κ2) is 8.74. The van der Waals surface area contributed by atoms with Gasteiger partial charge in [-0.2, -0.15) is 0 Å². The van der Waals surface area contributed by atoms with Crippen LogP contribution < -0.4 is 15.7 Å². The first-order chi connectivity index (χ1) is 13.5. The van der Waals surface area contributed by atoms with Crippen LogP contribution in [0.4, 0.5) is 10.8 Å². The van der Waals surface area contributed by atoms with Crippen molar-refractivity contribution in [3.63, 3.8) is 0 Å². The molecule has 0 aliphatic carbocycles. The molecule has 0 atom stereocenters. The van der Waals surface area contributed by atoms with Crippen LogP contribution in [-0.4, -0.2) is 22.8 Å². The van der Waals surface area contributed by atoms with Crippen LogP contribution in [0.15, 0.2) is 72.1 Å². The number of aliphatic carboxylic acids is 1. The van der Waals surface area contributed by atoms with Crippen molar-refractivity contribution in [1.29, 1.82) is 0 Å². The third-order valence-electron chi connectivity index (χ3n) is 3.58. The van der Waals surface area contributed by atoms with Crippen LogP contribution >= 0.6 is 11.3 Å². The van der Waals surface area contributed by atoms with E-state index in [9.17, 15) is 19.5 Å². The van der Waals surface area contributed by atoms with Gasteiger partial charge in [0.1, 0.15) is 0 Å². The molecule has 0 bridgehead atoms. The van der Waals surface area contributed by atoms with E-state index >= 15 is 0 Å². The Balaban J connectivity index is 1.64. The van der Waals surface area contributed by atoms with Crippen molar-refractivity contribution >= 4 is 39.9 Å². The third-order valence-corrected chi connectivity index (χ3v) is 4.34. The van der Waals surface area contributed by atoms with E-state index in [1.54, 1.807) is 53.9 Å². The topological polar surface area (TPSA) is 111 Å². The molecule has 2 aromatic carbocycles. The van der Waals surface area contributed by atoms with Gasteiger partial charge in [0.25, 0.3) is 5.91 Å². The smallest absolute Gasteiger partial charge is 0.255 e. The Morgan fingerprint density at radius 1 is 0.929 bits per heavy atom. The summed E-state index contributed by atoms with van der Waals surface area (Å²) in [6.07, 6.45) is 1.51. The lowest BCUT2D eigenvalue weighted by atomic mass is 10.1. The summed E-state index contributed by atoms with van der Waals surface area (Å²) in [6, 6.07) is 16.0. The fourth-order valence-electron chi connectivity index (χ4n) is 2.27. The number of thiazole rings is 1. The maximum atomic E-state index is 12.2. The molecule has 140 valence electrons. The fraction of sp³-hybridized carbons (Fsp3) is 0. The number of carbonyl (C=O) groups is 3. The first-order valence-electron chi connectivity index (χ1n) is 8.13. The number of nitrogens with zero attached hydrogens (tertiary/aromatic N) is 1. The minimum absolute atomic E-state index is 0.198. The molecule has 0 unspecified atom stereocenters. The lowest BCUT2D eigenvalue weighted by Crippen LogP contribution is -2.20. The molecular formula is C20H14N3O4S-. The highest BCUT2D eigenvalue weighted by Gasteiger charge is 2.08. The Kier molecular flexibility index (Phi) is 5.93. The van der Waals surface area contributed by atoms with Gasteiger partial charge >= 0.3 is 0 Å². The van der Waals surface area contributed by atoms with Crippen molar-refractivity contribution in [2.45, 2.75) is 0 Å². The van der Waals surface area contributed by atoms with E-state index in [1.807, 2.05) is 6.07 Å². The van der Waals surface area contributed by atoms with Crippen LogP contribution in [0.3, 0.4) is 0 Å². The maximum absolute atomic E-state index is 12.2. The highest BCUT2D eigenvalue weighted by molar-refractivity contribution is 7.14. The van der Waals surface area contributed by atoms with Crippen LogP contribution in [0.25, 0.3) is 11.3 Å². The number of amides is 2. The van der Waals surface area contributed by atoms with Gasteiger partial charge in [0.15, 0.2) is 5.13 Å². The molecule has 0 fully saturated rings. The molecule has 1 aromatic heterocycles. The van der Waals surface area contributed by atoms with E-state index in [4.69, 9.17) is 0 Å². The van der Waals surface area contributed by atoms with Crippen molar-refractivity contribution in [3.05, 3.63) is 77.7 Å². The predicted molar refractivity (Wildman–Crippen MR) is 105 cm³/mol. The summed E-state index contributed by atoms with van der Waals surface area (Å²) in [4.78, 5) is 38.3. The predicted octanol–water partition coefficient (Wildman–Crippen LogP) is 2.31. The lowest BCUT2D eigenvalue weighted by molar-refractivity contribution is -0.297. The Hall–Kier alpha value is -3.78. The quantitative estimate of drug-likeness (QED) is 0.625. The average molecular weight is 392 g/mol. The molecule has 3 aromatic rings. The van der Waals surface area contributed by atoms with Gasteiger partial charge in [0.2, 0.25) is 5.91 Å². The molecule has 0 aliphatic rings. The van der Waals surface area contributed by atoms with Gasteiger partial charge in [-0.15, -0.1) is 11.3 Å². The molecule has 2 amide bonds. The molecule has 0 saturated carbocycles. The van der Waals surface area contributed by atoms with E-state index in [2.05, 4.69) is 15.6 Å². The van der Waals surface area contributed by atoms with E-state index in [0.29, 0.717) is 28.2 Å². The first-order valence-corrected chi connectivity index (χ1v) is 9.01. The van der Waals surface area contributed by atoms with E-state index < -0.39 is 11.9 Å². The molecule has 7 nitrogen and oxygen atoms in total. The molecule has 28 heavy (non-hydrogen) atoms. The fourth-order valence-corrected chi connectivity index (χ4v) is 2.99. The summed E-state index contributed by atoms with van der Waals surface area (Å²) in [5, 5.41) is 17.7. The second-order valence-corrected chi connectivity index (χ2v) is 6.44. The van der Waals surface area contributed by atoms with Crippen molar-refractivity contribution in [2.24, 2.45) is 0 Å². The molecule has 3 rings (SSSR count). The number of carboxylic acids is 1. The number of nitrogens with one attached hydrogen (secondary N) is 2. The Morgan fingerprint density at radius 2 is 1.64 bits per heavy atom. The number of carbonyl (C=O) groups excluding carboxylic acids is 3. The first kappa shape index (κ1) is 19.0. The summed E-state index contributed by atoms with van der Waals surface area (Å²) < 4.78 is 0. The molecule has 0 aliphatic heterocycles. The Labute approximate surface area is 164 Å². The number of hydrogen-bond donors (Lipinski definition) is 2. The zero-order chi connectivity index (χ0) is 19.9. The zero-order valence-electron chi connectivity index (χ0n) is 14.4. The summed E-state index contributed by atoms with van der Waals surface area (Å²) in [6.45, 7) is 0. The van der Waals surface area contributed by atoms with Crippen LogP contribution in [-0.2, 0) is 9.59 Å². The molecule has 0 radical (unpaired) electrons. The van der Waals surface area contributed by atoms with Crippen molar-refractivity contribution in [3.8, 4) is 11.3 Å². The van der Waals surface area contributed by atoms with Crippen LogP contribution in [0.5, 0.6) is 0 Å². The molecule has 0 saturated heterocycles. The van der Waals surface area contributed by atoms with Crippen molar-refractivity contribution in [1.82, 2.24) is 4.98 Å². The maximum Gasteiger partial charge on any atom is 0.255 e. The van der Waals surface area contributed by atoms with Crippen LogP contribution in [0.1, 0.15) is 10.4 Å². The van der Waals surface area contributed by atoms with Gasteiger partial charge in [-0.25, -0.2) is 4.98 Å². The number of hydrogen-bond acceptors (Lipinski definition) is 6. The number of benzene rings is 2. The minimum Gasteiger partial charge on any atom is -0.545 e. The minimum atomic E-state index is -1.45. The van der Waals surface area contributed by atoms with Crippen LogP contribution in [0.2, 0.25) is 0 Å². The van der Waals surface area contributed by atoms with E-state index in [0.717, 1.165) is 11.6 Å². The van der Waals surface area contributed by atoms with Gasteiger partial charge in [0, 0.05) is 28.3 Å². The molecule has 1 heterocycles. The number of aromatic nitrogens is 1. The molecular weight excluding hydrogens is 378 g/mol. The Bertz CT molecular complexity index is 1030. The van der Waals surface area contributed by atoms with Crippen molar-refractivity contribution in [2.75, 3.05) is 10.6 Å². The average Bonchev–Trinajstić information content (AvgIpc) is 3.16. The van der Waals surface area contributed by atoms with Gasteiger partial charge in [-0.05, 0) is 30.3 Å². The second-order valence-electron chi connectivity index (χ2n) is 5.58. The summed E-state index contributed by atoms with van der Waals surface area (Å²) in [5.41, 5.74) is 2.66. The summed E-state index contributed by atoms with van der Waals surface area (Å²) in [5.74, 6) is -2.25. The van der Waals surface area contributed by atoms with Gasteiger partial charge < -0.3 is 15.2 Å².